The molecule has 0 radical (unpaired) electrons. The molecule has 5 nitrogen and oxygen atoms in total. The van der Waals surface area contributed by atoms with Crippen LogP contribution in [0.25, 0.3) is 0 Å². The summed E-state index contributed by atoms with van der Waals surface area (Å²) in [7, 11) is 0. The van der Waals surface area contributed by atoms with E-state index in [0.29, 0.717) is 0 Å². The highest BCUT2D eigenvalue weighted by molar-refractivity contribution is 6.39. The number of dihydropyridines is 1. The van der Waals surface area contributed by atoms with E-state index in [0.717, 1.165) is 30.2 Å². The molecule has 13 heavy (non-hydrogen) atoms. The van der Waals surface area contributed by atoms with Gasteiger partial charge in [0.2, 0.25) is 0 Å². The van der Waals surface area contributed by atoms with Gasteiger partial charge in [0.25, 0.3) is 0 Å². The molecule has 0 amide bonds. The van der Waals surface area contributed by atoms with E-state index >= 15 is 0 Å². The van der Waals surface area contributed by atoms with Crippen molar-refractivity contribution in [2.45, 2.75) is 6.17 Å². The van der Waals surface area contributed by atoms with Crippen LogP contribution in [-0.4, -0.2) is 37.5 Å². The second-order valence-electron chi connectivity index (χ2n) is 3.06. The minimum Gasteiger partial charge on any atom is -0.380 e. The molecular weight excluding hydrogens is 166 g/mol. The maximum absolute atomic E-state index is 4.36. The summed E-state index contributed by atoms with van der Waals surface area (Å²) in [6.07, 6.45) is 3.41. The van der Waals surface area contributed by atoms with Crippen molar-refractivity contribution in [1.29, 1.82) is 0 Å². The molecular formula is C8H9N5. The van der Waals surface area contributed by atoms with E-state index in [4.69, 9.17) is 0 Å². The minimum absolute atomic E-state index is 0.0699. The van der Waals surface area contributed by atoms with Gasteiger partial charge in [-0.05, 0) is 0 Å². The Morgan fingerprint density at radius 3 is 3.38 bits per heavy atom. The van der Waals surface area contributed by atoms with E-state index in [1.807, 2.05) is 0 Å². The molecule has 0 aromatic heterocycles. The zero-order valence-corrected chi connectivity index (χ0v) is 6.99. The number of nitrogens with one attached hydrogen (secondary N) is 2. The first kappa shape index (κ1) is 6.82. The summed E-state index contributed by atoms with van der Waals surface area (Å²) in [5.74, 6) is 0. The number of fused-ring (bicyclic) bond motifs is 2. The van der Waals surface area contributed by atoms with Crippen molar-refractivity contribution in [3.05, 3.63) is 11.4 Å². The van der Waals surface area contributed by atoms with E-state index in [2.05, 4.69) is 25.6 Å². The van der Waals surface area contributed by atoms with E-state index in [9.17, 15) is 0 Å². The molecule has 1 unspecified atom stereocenters. The predicted molar refractivity (Wildman–Crippen MR) is 51.2 cm³/mol. The summed E-state index contributed by atoms with van der Waals surface area (Å²) >= 11 is 0. The van der Waals surface area contributed by atoms with Gasteiger partial charge in [0.1, 0.15) is 5.71 Å². The fourth-order valence-electron chi connectivity index (χ4n) is 1.65. The largest absolute Gasteiger partial charge is 0.380 e. The van der Waals surface area contributed by atoms with Gasteiger partial charge in [-0.15, -0.1) is 0 Å². The molecule has 66 valence electrons. The number of rotatable bonds is 0. The molecule has 5 heteroatoms. The van der Waals surface area contributed by atoms with Gasteiger partial charge in [0, 0.05) is 6.54 Å². The maximum Gasteiger partial charge on any atom is 0.183 e. The summed E-state index contributed by atoms with van der Waals surface area (Å²) < 4.78 is 0. The summed E-state index contributed by atoms with van der Waals surface area (Å²) in [6.45, 7) is 1.72. The first-order chi connectivity index (χ1) is 6.45. The van der Waals surface area contributed by atoms with Crippen LogP contribution in [0.3, 0.4) is 0 Å². The van der Waals surface area contributed by atoms with Crippen LogP contribution in [-0.2, 0) is 0 Å². The molecule has 0 aromatic rings. The quantitative estimate of drug-likeness (QED) is 0.510. The van der Waals surface area contributed by atoms with Crippen molar-refractivity contribution in [2.75, 3.05) is 13.1 Å². The SMILES string of the molecule is C1=NC2N=CC3=NCCNC3=C2N1. The molecule has 0 fully saturated rings. The summed E-state index contributed by atoms with van der Waals surface area (Å²) in [6, 6.07) is 0. The number of nitrogens with zero attached hydrogens (tertiary/aromatic N) is 3. The lowest BCUT2D eigenvalue weighted by Gasteiger charge is -2.22. The maximum atomic E-state index is 4.36. The molecule has 1 atom stereocenters. The molecule has 3 rings (SSSR count). The van der Waals surface area contributed by atoms with Crippen LogP contribution < -0.4 is 10.6 Å². The monoisotopic (exact) mass is 175 g/mol. The molecule has 0 saturated carbocycles. The van der Waals surface area contributed by atoms with Crippen molar-refractivity contribution in [3.63, 3.8) is 0 Å². The van der Waals surface area contributed by atoms with Gasteiger partial charge >= 0.3 is 0 Å². The predicted octanol–water partition coefficient (Wildman–Crippen LogP) is -0.716. The van der Waals surface area contributed by atoms with Gasteiger partial charge in [0.05, 0.1) is 30.5 Å². The van der Waals surface area contributed by atoms with Crippen LogP contribution in [0, 0.1) is 0 Å². The Labute approximate surface area is 75.4 Å². The Morgan fingerprint density at radius 1 is 1.38 bits per heavy atom. The Morgan fingerprint density at radius 2 is 2.38 bits per heavy atom. The van der Waals surface area contributed by atoms with E-state index in [1.165, 1.54) is 0 Å². The number of hydrogen-bond donors (Lipinski definition) is 2. The van der Waals surface area contributed by atoms with Crippen LogP contribution in [0.5, 0.6) is 0 Å². The van der Waals surface area contributed by atoms with E-state index in [1.54, 1.807) is 12.6 Å². The first-order valence-electron chi connectivity index (χ1n) is 4.29. The fraction of sp³-hybridized carbons (Fsp3) is 0.375. The van der Waals surface area contributed by atoms with Gasteiger partial charge < -0.3 is 10.6 Å². The lowest BCUT2D eigenvalue weighted by molar-refractivity contribution is 0.740. The molecule has 3 aliphatic heterocycles. The first-order valence-corrected chi connectivity index (χ1v) is 4.29. The van der Waals surface area contributed by atoms with Crippen LogP contribution in [0.1, 0.15) is 0 Å². The van der Waals surface area contributed by atoms with Gasteiger partial charge in [-0.1, -0.05) is 0 Å². The minimum atomic E-state index is -0.0699. The van der Waals surface area contributed by atoms with Gasteiger partial charge in [0.15, 0.2) is 6.17 Å². The topological polar surface area (TPSA) is 61.1 Å². The zero-order chi connectivity index (χ0) is 8.67. The van der Waals surface area contributed by atoms with E-state index < -0.39 is 0 Å². The van der Waals surface area contributed by atoms with Crippen LogP contribution >= 0.6 is 0 Å². The highest BCUT2D eigenvalue weighted by atomic mass is 15.2. The Hall–Kier alpha value is -1.65. The summed E-state index contributed by atoms with van der Waals surface area (Å²) in [4.78, 5) is 12.8. The van der Waals surface area contributed by atoms with E-state index in [-0.39, 0.29) is 6.17 Å². The lowest BCUT2D eigenvalue weighted by Crippen LogP contribution is -2.36. The average molecular weight is 175 g/mol. The third-order valence-electron chi connectivity index (χ3n) is 2.25. The van der Waals surface area contributed by atoms with Crippen LogP contribution in [0.4, 0.5) is 0 Å². The number of hydrogen-bond acceptors (Lipinski definition) is 5. The standard InChI is InChI=1S/C8H9N5/c1-2-10-6-5(9-1)3-11-8-7(6)12-4-13-8/h3-4,8,10H,1-2H2,(H,12,13). The average Bonchev–Trinajstić information content (AvgIpc) is 2.65. The molecule has 0 aromatic carbocycles. The summed E-state index contributed by atoms with van der Waals surface area (Å²) in [5.41, 5.74) is 3.03. The Kier molecular flexibility index (Phi) is 1.27. The van der Waals surface area contributed by atoms with Crippen molar-refractivity contribution in [3.8, 4) is 0 Å². The fourth-order valence-corrected chi connectivity index (χ4v) is 1.65. The zero-order valence-electron chi connectivity index (χ0n) is 6.99. The van der Waals surface area contributed by atoms with Crippen molar-refractivity contribution < 1.29 is 0 Å². The highest BCUT2D eigenvalue weighted by Gasteiger charge is 2.27. The van der Waals surface area contributed by atoms with Crippen molar-refractivity contribution >= 4 is 18.3 Å². The summed E-state index contributed by atoms with van der Waals surface area (Å²) in [5, 5.41) is 6.40. The number of allylic oxidation sites excluding steroid dienone is 1. The van der Waals surface area contributed by atoms with Gasteiger partial charge in [-0.25, -0.2) is 4.99 Å². The lowest BCUT2D eigenvalue weighted by atomic mass is 10.1. The molecule has 0 saturated heterocycles. The van der Waals surface area contributed by atoms with Gasteiger partial charge in [-0.2, -0.15) is 0 Å². The molecule has 0 spiro atoms. The molecule has 3 heterocycles. The number of aliphatic imine (C=N–C) groups is 3. The highest BCUT2D eigenvalue weighted by Crippen LogP contribution is 2.18. The molecule has 2 N–H and O–H groups in total. The smallest absolute Gasteiger partial charge is 0.183 e. The Balaban J connectivity index is 2.11. The second-order valence-corrected chi connectivity index (χ2v) is 3.06. The van der Waals surface area contributed by atoms with Crippen molar-refractivity contribution in [2.24, 2.45) is 15.0 Å². The Bertz CT molecular complexity index is 363. The third-order valence-corrected chi connectivity index (χ3v) is 2.25. The second kappa shape index (κ2) is 2.42. The molecule has 0 aliphatic carbocycles. The normalized spacial score (nSPS) is 28.9. The third kappa shape index (κ3) is 0.898. The van der Waals surface area contributed by atoms with Crippen LogP contribution in [0.15, 0.2) is 26.4 Å². The van der Waals surface area contributed by atoms with Crippen molar-refractivity contribution in [1.82, 2.24) is 10.6 Å². The van der Waals surface area contributed by atoms with Crippen LogP contribution in [0.2, 0.25) is 0 Å². The van der Waals surface area contributed by atoms with Gasteiger partial charge in [-0.3, -0.25) is 9.98 Å². The molecule has 3 aliphatic rings. The molecule has 0 bridgehead atoms.